The Morgan fingerprint density at radius 3 is 0.833 bits per heavy atom. The van der Waals surface area contributed by atoms with E-state index in [0.717, 1.165) is 31.6 Å². The molecule has 0 saturated heterocycles. The Bertz CT molecular complexity index is 518. The molecule has 1 atom stereocenters. The first-order chi connectivity index (χ1) is 20.5. The Labute approximate surface area is 262 Å². The van der Waals surface area contributed by atoms with E-state index in [9.17, 15) is 0 Å². The summed E-state index contributed by atoms with van der Waals surface area (Å²) in [6.45, 7) is 2.31. The molecule has 0 aliphatic carbocycles. The van der Waals surface area contributed by atoms with Crippen molar-refractivity contribution in [2.45, 2.75) is 186 Å². The zero-order valence-electron chi connectivity index (χ0n) is 29.4. The monoisotopic (exact) mass is 603 g/mol. The summed E-state index contributed by atoms with van der Waals surface area (Å²) >= 11 is 0. The number of methoxy groups -OCH3 is 6. The lowest BCUT2D eigenvalue weighted by Gasteiger charge is -2.28. The van der Waals surface area contributed by atoms with Crippen LogP contribution in [0.2, 0.25) is 0 Å². The van der Waals surface area contributed by atoms with Gasteiger partial charge in [0.25, 0.3) is 11.9 Å². The fraction of sp³-hybridized carbons (Fsp3) is 1.00. The molecular formula is C36H74O6. The molecule has 0 aliphatic heterocycles. The van der Waals surface area contributed by atoms with Crippen molar-refractivity contribution in [2.24, 2.45) is 5.92 Å². The lowest BCUT2D eigenvalue weighted by molar-refractivity contribution is -0.355. The highest BCUT2D eigenvalue weighted by Crippen LogP contribution is 2.26. The molecule has 0 aromatic heterocycles. The van der Waals surface area contributed by atoms with Crippen LogP contribution in [0.15, 0.2) is 0 Å². The van der Waals surface area contributed by atoms with Crippen molar-refractivity contribution in [1.82, 2.24) is 0 Å². The maximum atomic E-state index is 5.40. The molecule has 1 unspecified atom stereocenters. The van der Waals surface area contributed by atoms with Crippen LogP contribution in [-0.4, -0.2) is 54.6 Å². The minimum Gasteiger partial charge on any atom is -0.331 e. The Morgan fingerprint density at radius 1 is 0.333 bits per heavy atom. The second-order valence-electron chi connectivity index (χ2n) is 12.4. The van der Waals surface area contributed by atoms with Gasteiger partial charge in [0.15, 0.2) is 0 Å². The highest BCUT2D eigenvalue weighted by Gasteiger charge is 2.29. The van der Waals surface area contributed by atoms with Crippen molar-refractivity contribution < 1.29 is 28.4 Å². The van der Waals surface area contributed by atoms with Crippen LogP contribution in [0.4, 0.5) is 0 Å². The molecule has 0 bridgehead atoms. The summed E-state index contributed by atoms with van der Waals surface area (Å²) in [6, 6.07) is 0. The third-order valence-electron chi connectivity index (χ3n) is 9.27. The summed E-state index contributed by atoms with van der Waals surface area (Å²) in [5.74, 6) is -0.776. The molecule has 254 valence electrons. The maximum absolute atomic E-state index is 5.40. The molecule has 0 aromatic rings. The van der Waals surface area contributed by atoms with Gasteiger partial charge in [-0.15, -0.1) is 0 Å². The van der Waals surface area contributed by atoms with E-state index in [1.807, 2.05) is 0 Å². The van der Waals surface area contributed by atoms with Crippen molar-refractivity contribution in [1.29, 1.82) is 0 Å². The van der Waals surface area contributed by atoms with Crippen molar-refractivity contribution in [3.63, 3.8) is 0 Å². The summed E-state index contributed by atoms with van der Waals surface area (Å²) in [4.78, 5) is 0. The van der Waals surface area contributed by atoms with Gasteiger partial charge in [0.05, 0.1) is 0 Å². The largest absolute Gasteiger partial charge is 0.331 e. The van der Waals surface area contributed by atoms with Gasteiger partial charge in [-0.25, -0.2) is 0 Å². The summed E-state index contributed by atoms with van der Waals surface area (Å²) in [7, 11) is 9.89. The van der Waals surface area contributed by atoms with Crippen LogP contribution in [0.25, 0.3) is 0 Å². The fourth-order valence-corrected chi connectivity index (χ4v) is 6.25. The van der Waals surface area contributed by atoms with E-state index < -0.39 is 11.9 Å². The van der Waals surface area contributed by atoms with Crippen LogP contribution >= 0.6 is 0 Å². The van der Waals surface area contributed by atoms with Gasteiger partial charge < -0.3 is 28.4 Å². The number of rotatable bonds is 34. The van der Waals surface area contributed by atoms with Gasteiger partial charge in [0.1, 0.15) is 0 Å². The van der Waals surface area contributed by atoms with E-state index in [1.54, 1.807) is 42.7 Å². The molecule has 0 N–H and O–H groups in total. The molecule has 0 aliphatic rings. The molecule has 0 amide bonds. The van der Waals surface area contributed by atoms with E-state index in [-0.39, 0.29) is 0 Å². The van der Waals surface area contributed by atoms with Crippen LogP contribution < -0.4 is 0 Å². The van der Waals surface area contributed by atoms with Gasteiger partial charge >= 0.3 is 0 Å². The second kappa shape index (κ2) is 29.5. The molecule has 0 fully saturated rings. The Hall–Kier alpha value is -0.240. The van der Waals surface area contributed by atoms with E-state index in [4.69, 9.17) is 28.4 Å². The lowest BCUT2D eigenvalue weighted by atomic mass is 9.89. The number of hydrogen-bond acceptors (Lipinski definition) is 6. The molecule has 0 saturated carbocycles. The van der Waals surface area contributed by atoms with Crippen LogP contribution in [0.5, 0.6) is 0 Å². The zero-order valence-corrected chi connectivity index (χ0v) is 29.4. The van der Waals surface area contributed by atoms with Crippen LogP contribution in [0.1, 0.15) is 174 Å². The van der Waals surface area contributed by atoms with Crippen molar-refractivity contribution in [2.75, 3.05) is 42.7 Å². The topological polar surface area (TPSA) is 55.4 Å². The van der Waals surface area contributed by atoms with Gasteiger partial charge in [0.2, 0.25) is 0 Å². The third-order valence-corrected chi connectivity index (χ3v) is 9.27. The molecular weight excluding hydrogens is 528 g/mol. The molecule has 0 spiro atoms. The van der Waals surface area contributed by atoms with Gasteiger partial charge in [-0.3, -0.25) is 0 Å². The molecule has 6 nitrogen and oxygen atoms in total. The normalized spacial score (nSPS) is 13.2. The molecule has 0 heterocycles. The summed E-state index contributed by atoms with van der Waals surface area (Å²) in [5.41, 5.74) is 0. The Morgan fingerprint density at radius 2 is 0.571 bits per heavy atom. The van der Waals surface area contributed by atoms with Crippen molar-refractivity contribution >= 4 is 0 Å². The van der Waals surface area contributed by atoms with Crippen molar-refractivity contribution in [3.05, 3.63) is 0 Å². The van der Waals surface area contributed by atoms with Crippen LogP contribution in [0, 0.1) is 5.92 Å². The number of ether oxygens (including phenoxy) is 6. The van der Waals surface area contributed by atoms with E-state index >= 15 is 0 Å². The Kier molecular flexibility index (Phi) is 29.3. The third kappa shape index (κ3) is 21.5. The van der Waals surface area contributed by atoms with Gasteiger partial charge in [-0.05, 0) is 18.8 Å². The fourth-order valence-electron chi connectivity index (χ4n) is 6.25. The standard InChI is InChI=1S/C36H74O6/c1-8-9-10-11-19-24-29-34(31-26-21-16-14-18-23-28-33-36(40-5,41-6)42-7)30-25-20-15-12-13-17-22-27-32-35(37-2,38-3)39-4/h34H,8-33H2,1-7H3. The predicted octanol–water partition coefficient (Wildman–Crippen LogP) is 11.0. The summed E-state index contributed by atoms with van der Waals surface area (Å²) < 4.78 is 32.4. The van der Waals surface area contributed by atoms with Crippen molar-refractivity contribution in [3.8, 4) is 0 Å². The van der Waals surface area contributed by atoms with Gasteiger partial charge in [0, 0.05) is 55.5 Å². The van der Waals surface area contributed by atoms with Gasteiger partial charge in [-0.2, -0.15) is 0 Å². The van der Waals surface area contributed by atoms with E-state index in [0.29, 0.717) is 0 Å². The number of hydrogen-bond donors (Lipinski definition) is 0. The minimum atomic E-state index is -0.863. The van der Waals surface area contributed by atoms with E-state index in [1.165, 1.54) is 141 Å². The first kappa shape index (κ1) is 41.8. The summed E-state index contributed by atoms with van der Waals surface area (Å²) in [5, 5.41) is 0. The minimum absolute atomic E-state index is 0.787. The van der Waals surface area contributed by atoms with Crippen LogP contribution in [-0.2, 0) is 28.4 Å². The highest BCUT2D eigenvalue weighted by molar-refractivity contribution is 4.63. The second-order valence-corrected chi connectivity index (χ2v) is 12.4. The molecule has 42 heavy (non-hydrogen) atoms. The smallest absolute Gasteiger partial charge is 0.282 e. The average Bonchev–Trinajstić information content (AvgIpc) is 3.02. The van der Waals surface area contributed by atoms with Crippen LogP contribution in [0.3, 0.4) is 0 Å². The van der Waals surface area contributed by atoms with E-state index in [2.05, 4.69) is 6.92 Å². The molecule has 0 radical (unpaired) electrons. The highest BCUT2D eigenvalue weighted by atomic mass is 16.9. The molecule has 0 rings (SSSR count). The molecule has 6 heteroatoms. The van der Waals surface area contributed by atoms with Gasteiger partial charge in [-0.1, -0.05) is 148 Å². The SMILES string of the molecule is CCCCCCCCC(CCCCCCCCCCC(OC)(OC)OC)CCCCCCCCCC(OC)(OC)OC. The Balaban J connectivity index is 4.04. The lowest BCUT2D eigenvalue weighted by Crippen LogP contribution is -2.35. The molecule has 0 aromatic carbocycles. The quantitative estimate of drug-likeness (QED) is 0.0539. The average molecular weight is 603 g/mol. The maximum Gasteiger partial charge on any atom is 0.282 e. The first-order valence-electron chi connectivity index (χ1n) is 17.8. The zero-order chi connectivity index (χ0) is 31.2. The number of unbranched alkanes of at least 4 members (excludes halogenated alkanes) is 18. The predicted molar refractivity (Wildman–Crippen MR) is 177 cm³/mol. The first-order valence-corrected chi connectivity index (χ1v) is 17.8. The summed E-state index contributed by atoms with van der Waals surface area (Å²) in [6.07, 6.45) is 34.0.